The average molecular weight is 247 g/mol. The van der Waals surface area contributed by atoms with Gasteiger partial charge in [0.05, 0.1) is 6.10 Å². The molecule has 1 fully saturated rings. The summed E-state index contributed by atoms with van der Waals surface area (Å²) in [5, 5.41) is 3.65. The Morgan fingerprint density at radius 2 is 2.11 bits per heavy atom. The molecule has 0 radical (unpaired) electrons. The Kier molecular flexibility index (Phi) is 5.69. The van der Waals surface area contributed by atoms with E-state index in [1.54, 1.807) is 0 Å². The van der Waals surface area contributed by atoms with E-state index in [1.165, 1.54) is 24.8 Å². The van der Waals surface area contributed by atoms with Crippen molar-refractivity contribution in [1.29, 1.82) is 0 Å². The molecule has 0 amide bonds. The molecule has 0 spiro atoms. The zero-order valence-electron chi connectivity index (χ0n) is 11.4. The summed E-state index contributed by atoms with van der Waals surface area (Å²) in [6.45, 7) is 4.25. The molecular formula is C16H25NO. The van der Waals surface area contributed by atoms with Crippen molar-refractivity contribution in [3.8, 4) is 0 Å². The Morgan fingerprint density at radius 3 is 2.78 bits per heavy atom. The molecule has 1 N–H and O–H groups in total. The van der Waals surface area contributed by atoms with Crippen LogP contribution in [0.15, 0.2) is 30.3 Å². The fourth-order valence-corrected chi connectivity index (χ4v) is 2.64. The number of rotatable bonds is 6. The first-order valence-corrected chi connectivity index (χ1v) is 7.30. The molecule has 0 saturated carbocycles. The fraction of sp³-hybridized carbons (Fsp3) is 0.625. The Hall–Kier alpha value is -0.860. The maximum Gasteiger partial charge on any atom is 0.0587 e. The van der Waals surface area contributed by atoms with Gasteiger partial charge in [-0.05, 0) is 44.2 Å². The molecular weight excluding hydrogens is 222 g/mol. The quantitative estimate of drug-likeness (QED) is 0.828. The molecule has 1 aliphatic rings. The van der Waals surface area contributed by atoms with Gasteiger partial charge >= 0.3 is 0 Å². The number of hydrogen-bond donors (Lipinski definition) is 1. The summed E-state index contributed by atoms with van der Waals surface area (Å²) in [5.41, 5.74) is 1.39. The van der Waals surface area contributed by atoms with Gasteiger partial charge in [-0.15, -0.1) is 0 Å². The second kappa shape index (κ2) is 7.55. The van der Waals surface area contributed by atoms with Crippen LogP contribution < -0.4 is 5.32 Å². The third kappa shape index (κ3) is 4.11. The lowest BCUT2D eigenvalue weighted by atomic mass is 10.0. The molecule has 1 aliphatic heterocycles. The van der Waals surface area contributed by atoms with Crippen molar-refractivity contribution in [1.82, 2.24) is 5.32 Å². The highest BCUT2D eigenvalue weighted by Gasteiger charge is 2.14. The normalized spacial score (nSPS) is 21.7. The van der Waals surface area contributed by atoms with Crippen molar-refractivity contribution < 1.29 is 4.74 Å². The largest absolute Gasteiger partial charge is 0.378 e. The van der Waals surface area contributed by atoms with Gasteiger partial charge in [-0.25, -0.2) is 0 Å². The van der Waals surface area contributed by atoms with E-state index >= 15 is 0 Å². The molecule has 2 nitrogen and oxygen atoms in total. The highest BCUT2D eigenvalue weighted by Crippen LogP contribution is 2.18. The SMILES string of the molecule is CCC(NCCC1CCCCO1)c1ccccc1. The van der Waals surface area contributed by atoms with E-state index in [0.717, 1.165) is 26.0 Å². The van der Waals surface area contributed by atoms with Crippen molar-refractivity contribution in [3.63, 3.8) is 0 Å². The van der Waals surface area contributed by atoms with Gasteiger partial charge < -0.3 is 10.1 Å². The monoisotopic (exact) mass is 247 g/mol. The van der Waals surface area contributed by atoms with Crippen molar-refractivity contribution in [2.75, 3.05) is 13.2 Å². The summed E-state index contributed by atoms with van der Waals surface area (Å²) < 4.78 is 5.76. The van der Waals surface area contributed by atoms with Crippen molar-refractivity contribution in [3.05, 3.63) is 35.9 Å². The maximum atomic E-state index is 5.76. The average Bonchev–Trinajstić information content (AvgIpc) is 2.46. The van der Waals surface area contributed by atoms with Crippen LogP contribution in [0.25, 0.3) is 0 Å². The zero-order valence-corrected chi connectivity index (χ0v) is 11.4. The topological polar surface area (TPSA) is 21.3 Å². The maximum absolute atomic E-state index is 5.76. The predicted octanol–water partition coefficient (Wildman–Crippen LogP) is 3.69. The van der Waals surface area contributed by atoms with E-state index in [0.29, 0.717) is 12.1 Å². The lowest BCUT2D eigenvalue weighted by Gasteiger charge is -2.24. The number of benzene rings is 1. The summed E-state index contributed by atoms with van der Waals surface area (Å²) in [7, 11) is 0. The van der Waals surface area contributed by atoms with Crippen molar-refractivity contribution in [2.45, 2.75) is 51.2 Å². The molecule has 1 heterocycles. The van der Waals surface area contributed by atoms with E-state index in [1.807, 2.05) is 0 Å². The standard InChI is InChI=1S/C16H25NO/c1-2-16(14-8-4-3-5-9-14)17-12-11-15-10-6-7-13-18-15/h3-5,8-9,15-17H,2,6-7,10-13H2,1H3. The summed E-state index contributed by atoms with van der Waals surface area (Å²) in [6, 6.07) is 11.2. The van der Waals surface area contributed by atoms with E-state index in [9.17, 15) is 0 Å². The fourth-order valence-electron chi connectivity index (χ4n) is 2.64. The molecule has 100 valence electrons. The van der Waals surface area contributed by atoms with E-state index in [4.69, 9.17) is 4.74 Å². The Bertz CT molecular complexity index is 319. The van der Waals surface area contributed by atoms with Gasteiger partial charge in [0.1, 0.15) is 0 Å². The molecule has 2 heteroatoms. The molecule has 2 unspecified atom stereocenters. The minimum atomic E-state index is 0.481. The highest BCUT2D eigenvalue weighted by molar-refractivity contribution is 5.18. The predicted molar refractivity (Wildman–Crippen MR) is 75.7 cm³/mol. The van der Waals surface area contributed by atoms with Crippen LogP contribution in [0.5, 0.6) is 0 Å². The van der Waals surface area contributed by atoms with Crippen LogP contribution >= 0.6 is 0 Å². The summed E-state index contributed by atoms with van der Waals surface area (Å²) in [5.74, 6) is 0. The second-order valence-corrected chi connectivity index (χ2v) is 5.10. The first-order valence-electron chi connectivity index (χ1n) is 7.30. The summed E-state index contributed by atoms with van der Waals surface area (Å²) >= 11 is 0. The Morgan fingerprint density at radius 1 is 1.28 bits per heavy atom. The molecule has 1 aromatic carbocycles. The molecule has 0 aliphatic carbocycles. The van der Waals surface area contributed by atoms with Crippen LogP contribution in [-0.2, 0) is 4.74 Å². The van der Waals surface area contributed by atoms with Gasteiger partial charge in [0.15, 0.2) is 0 Å². The third-order valence-electron chi connectivity index (χ3n) is 3.74. The lowest BCUT2D eigenvalue weighted by Crippen LogP contribution is -2.27. The van der Waals surface area contributed by atoms with E-state index in [-0.39, 0.29) is 0 Å². The molecule has 18 heavy (non-hydrogen) atoms. The second-order valence-electron chi connectivity index (χ2n) is 5.10. The first kappa shape index (κ1) is 13.6. The van der Waals surface area contributed by atoms with Crippen LogP contribution in [0.1, 0.15) is 50.6 Å². The first-order chi connectivity index (χ1) is 8.90. The smallest absolute Gasteiger partial charge is 0.0587 e. The van der Waals surface area contributed by atoms with Gasteiger partial charge in [-0.3, -0.25) is 0 Å². The molecule has 1 saturated heterocycles. The molecule has 2 atom stereocenters. The minimum Gasteiger partial charge on any atom is -0.378 e. The number of ether oxygens (including phenoxy) is 1. The van der Waals surface area contributed by atoms with E-state index < -0.39 is 0 Å². The van der Waals surface area contributed by atoms with Crippen LogP contribution in [0.3, 0.4) is 0 Å². The summed E-state index contributed by atoms with van der Waals surface area (Å²) in [6.07, 6.45) is 6.58. The van der Waals surface area contributed by atoms with Gasteiger partial charge in [-0.2, -0.15) is 0 Å². The molecule has 1 aromatic rings. The van der Waals surface area contributed by atoms with Crippen LogP contribution in [0.2, 0.25) is 0 Å². The van der Waals surface area contributed by atoms with Crippen molar-refractivity contribution in [2.24, 2.45) is 0 Å². The van der Waals surface area contributed by atoms with Crippen molar-refractivity contribution >= 4 is 0 Å². The van der Waals surface area contributed by atoms with Gasteiger partial charge in [0, 0.05) is 12.6 Å². The number of nitrogens with one attached hydrogen (secondary N) is 1. The van der Waals surface area contributed by atoms with Crippen LogP contribution in [0.4, 0.5) is 0 Å². The highest BCUT2D eigenvalue weighted by atomic mass is 16.5. The lowest BCUT2D eigenvalue weighted by molar-refractivity contribution is 0.0112. The third-order valence-corrected chi connectivity index (χ3v) is 3.74. The minimum absolute atomic E-state index is 0.481. The Balaban J connectivity index is 1.73. The van der Waals surface area contributed by atoms with Crippen LogP contribution in [0, 0.1) is 0 Å². The molecule has 0 aromatic heterocycles. The van der Waals surface area contributed by atoms with Gasteiger partial charge in [0.25, 0.3) is 0 Å². The molecule has 2 rings (SSSR count). The van der Waals surface area contributed by atoms with Crippen LogP contribution in [-0.4, -0.2) is 19.3 Å². The Labute approximate surface area is 111 Å². The molecule has 0 bridgehead atoms. The van der Waals surface area contributed by atoms with Gasteiger partial charge in [-0.1, -0.05) is 37.3 Å². The van der Waals surface area contributed by atoms with Gasteiger partial charge in [0.2, 0.25) is 0 Å². The zero-order chi connectivity index (χ0) is 12.6. The number of hydrogen-bond acceptors (Lipinski definition) is 2. The van der Waals surface area contributed by atoms with E-state index in [2.05, 4.69) is 42.6 Å². The summed E-state index contributed by atoms with van der Waals surface area (Å²) in [4.78, 5) is 0.